The number of nitrogens with one attached hydrogen (secondary N) is 1. The van der Waals surface area contributed by atoms with Gasteiger partial charge in [0.05, 0.1) is 5.56 Å². The van der Waals surface area contributed by atoms with Crippen LogP contribution in [0.2, 0.25) is 0 Å². The maximum absolute atomic E-state index is 10.5. The lowest BCUT2D eigenvalue weighted by molar-refractivity contribution is -0.121. The number of benzene rings is 1. The fraction of sp³-hybridized carbons (Fsp3) is 0.250. The van der Waals surface area contributed by atoms with Gasteiger partial charge in [-0.25, -0.2) is 19.6 Å². The molecule has 9 nitrogen and oxygen atoms in total. The monoisotopic (exact) mass is 492 g/mol. The fourth-order valence-corrected chi connectivity index (χ4v) is 4.76. The van der Waals surface area contributed by atoms with Gasteiger partial charge in [0.25, 0.3) is 0 Å². The van der Waals surface area contributed by atoms with Gasteiger partial charge in [0, 0.05) is 37.2 Å². The summed E-state index contributed by atoms with van der Waals surface area (Å²) < 4.78 is 3.83. The number of imidazole rings is 1. The molecule has 3 N–H and O–H groups in total. The Bertz CT molecular complexity index is 1580. The van der Waals surface area contributed by atoms with Crippen molar-refractivity contribution in [2.24, 2.45) is 5.92 Å². The van der Waals surface area contributed by atoms with Crippen molar-refractivity contribution in [1.82, 2.24) is 34.6 Å². The summed E-state index contributed by atoms with van der Waals surface area (Å²) in [7, 11) is 1.68. The molecule has 37 heavy (non-hydrogen) atoms. The first-order valence-corrected chi connectivity index (χ1v) is 12.6. The number of pyridine rings is 2. The third-order valence-corrected chi connectivity index (χ3v) is 6.84. The predicted molar refractivity (Wildman–Crippen MR) is 142 cm³/mol. The summed E-state index contributed by atoms with van der Waals surface area (Å²) in [4.78, 5) is 24.5. The molecule has 0 unspecified atom stereocenters. The quantitative estimate of drug-likeness (QED) is 0.393. The number of aromatic nitrogens is 6. The summed E-state index contributed by atoms with van der Waals surface area (Å²) in [6.07, 6.45) is 11.0. The summed E-state index contributed by atoms with van der Waals surface area (Å²) in [5.41, 5.74) is 12.4. The van der Waals surface area contributed by atoms with E-state index in [1.54, 1.807) is 24.1 Å². The van der Waals surface area contributed by atoms with Gasteiger partial charge in [0.1, 0.15) is 11.3 Å². The third kappa shape index (κ3) is 4.44. The molecule has 186 valence electrons. The van der Waals surface area contributed by atoms with Crippen LogP contribution in [0.25, 0.3) is 34.1 Å². The molecule has 0 bridgehead atoms. The Morgan fingerprint density at radius 2 is 1.89 bits per heavy atom. The smallest absolute Gasteiger partial charge is 0.222 e. The van der Waals surface area contributed by atoms with E-state index in [0.29, 0.717) is 11.7 Å². The average Bonchev–Trinajstić information content (AvgIpc) is 3.30. The van der Waals surface area contributed by atoms with Gasteiger partial charge in [-0.2, -0.15) is 5.10 Å². The van der Waals surface area contributed by atoms with Crippen molar-refractivity contribution in [3.8, 4) is 22.9 Å². The number of nitrogen functional groups attached to an aromatic ring is 1. The second-order valence-corrected chi connectivity index (χ2v) is 9.36. The predicted octanol–water partition coefficient (Wildman–Crippen LogP) is 3.88. The topological polar surface area (TPSA) is 117 Å². The first-order valence-electron chi connectivity index (χ1n) is 12.6. The lowest BCUT2D eigenvalue weighted by Crippen LogP contribution is -2.18. The molecule has 1 saturated carbocycles. The van der Waals surface area contributed by atoms with Crippen LogP contribution >= 0.6 is 0 Å². The lowest BCUT2D eigenvalue weighted by Gasteiger charge is -2.12. The van der Waals surface area contributed by atoms with Gasteiger partial charge in [0.15, 0.2) is 17.3 Å². The zero-order valence-electron chi connectivity index (χ0n) is 20.6. The first-order chi connectivity index (χ1) is 18.1. The Balaban J connectivity index is 0.000000314. The highest BCUT2D eigenvalue weighted by Crippen LogP contribution is 2.33. The second-order valence-electron chi connectivity index (χ2n) is 9.36. The molecule has 1 amide bonds. The van der Waals surface area contributed by atoms with Crippen molar-refractivity contribution in [2.75, 3.05) is 12.8 Å². The molecule has 9 heteroatoms. The highest BCUT2D eigenvalue weighted by atomic mass is 16.1. The Hall–Kier alpha value is -4.53. The number of hydrogen-bond donors (Lipinski definition) is 2. The largest absolute Gasteiger partial charge is 0.383 e. The minimum atomic E-state index is 0.208. The van der Waals surface area contributed by atoms with Crippen molar-refractivity contribution < 1.29 is 4.79 Å². The normalized spacial score (nSPS) is 14.2. The van der Waals surface area contributed by atoms with Gasteiger partial charge in [-0.1, -0.05) is 6.07 Å². The van der Waals surface area contributed by atoms with Gasteiger partial charge >= 0.3 is 0 Å². The van der Waals surface area contributed by atoms with E-state index in [1.165, 1.54) is 17.5 Å². The van der Waals surface area contributed by atoms with Gasteiger partial charge in [0.2, 0.25) is 5.91 Å². The number of carbonyl (C=O) groups is 1. The number of hydrogen-bond acceptors (Lipinski definition) is 6. The summed E-state index contributed by atoms with van der Waals surface area (Å²) in [6.45, 7) is 0. The molecule has 2 aliphatic rings. The lowest BCUT2D eigenvalue weighted by atomic mass is 10.1. The Morgan fingerprint density at radius 1 is 1.03 bits per heavy atom. The van der Waals surface area contributed by atoms with Gasteiger partial charge in [-0.05, 0) is 85.7 Å². The highest BCUT2D eigenvalue weighted by molar-refractivity contribution is 5.83. The molecule has 4 heterocycles. The van der Waals surface area contributed by atoms with Crippen molar-refractivity contribution in [3.05, 3.63) is 78.2 Å². The summed E-state index contributed by atoms with van der Waals surface area (Å²) in [5.74, 6) is 2.49. The zero-order valence-corrected chi connectivity index (χ0v) is 20.6. The van der Waals surface area contributed by atoms with E-state index in [9.17, 15) is 4.79 Å². The fourth-order valence-electron chi connectivity index (χ4n) is 4.76. The highest BCUT2D eigenvalue weighted by Gasteiger charge is 2.28. The minimum absolute atomic E-state index is 0.208. The first kappa shape index (κ1) is 22.9. The number of amides is 1. The van der Waals surface area contributed by atoms with Crippen LogP contribution < -0.4 is 11.1 Å². The van der Waals surface area contributed by atoms with Gasteiger partial charge in [-0.15, -0.1) is 0 Å². The molecule has 0 radical (unpaired) electrons. The molecule has 1 aromatic carbocycles. The molecular formula is C28H28N8O. The average molecular weight is 493 g/mol. The van der Waals surface area contributed by atoms with E-state index < -0.39 is 0 Å². The van der Waals surface area contributed by atoms with Crippen molar-refractivity contribution in [3.63, 3.8) is 0 Å². The van der Waals surface area contributed by atoms with E-state index in [1.807, 2.05) is 36.5 Å². The van der Waals surface area contributed by atoms with Crippen molar-refractivity contribution in [2.45, 2.75) is 32.1 Å². The number of nitrogens with two attached hydrogens (primary N) is 1. The summed E-state index contributed by atoms with van der Waals surface area (Å²) in [5, 5.41) is 6.90. The molecular weight excluding hydrogens is 464 g/mol. The van der Waals surface area contributed by atoms with Gasteiger partial charge < -0.3 is 11.1 Å². The zero-order chi connectivity index (χ0) is 25.4. The Labute approximate surface area is 214 Å². The van der Waals surface area contributed by atoms with Gasteiger partial charge in [-0.3, -0.25) is 9.36 Å². The minimum Gasteiger partial charge on any atom is -0.383 e. The number of anilines is 1. The van der Waals surface area contributed by atoms with Crippen LogP contribution in [0.4, 0.5) is 5.82 Å². The molecule has 0 spiro atoms. The molecule has 1 fully saturated rings. The maximum atomic E-state index is 10.5. The number of aryl methyl sites for hydroxylation is 2. The molecule has 7 rings (SSSR count). The molecule has 2 aliphatic carbocycles. The standard InChI is InChI=1S/C23H19N7.C5H9NO/c24-21-18(6-2-11-25-21)22-27-19-9-10-20(29-13-3-12-26-29)28-23(19)30(22)17-8-7-15-4-1-5-16(15)14-17;1-6-5(7)4-2-3-4/h2-3,6-14H,1,4-5H2,(H2,24,25);4H,2-3H2,1H3,(H,6,7). The van der Waals surface area contributed by atoms with Crippen LogP contribution in [0, 0.1) is 5.92 Å². The van der Waals surface area contributed by atoms with Crippen LogP contribution in [0.1, 0.15) is 30.4 Å². The second kappa shape index (κ2) is 9.50. The number of fused-ring (bicyclic) bond motifs is 2. The SMILES string of the molecule is CNC(=O)C1CC1.Nc1ncccc1-c1nc2ccc(-n3cccn3)nc2n1-c1ccc2c(c1)CCC2. The third-order valence-electron chi connectivity index (χ3n) is 6.84. The van der Waals surface area contributed by atoms with Crippen LogP contribution in [0.5, 0.6) is 0 Å². The van der Waals surface area contributed by atoms with E-state index in [4.69, 9.17) is 15.7 Å². The molecule has 0 aliphatic heterocycles. The van der Waals surface area contributed by atoms with Crippen molar-refractivity contribution >= 4 is 22.9 Å². The van der Waals surface area contributed by atoms with Crippen LogP contribution in [0.3, 0.4) is 0 Å². The molecule has 5 aromatic rings. The van der Waals surface area contributed by atoms with Crippen LogP contribution in [-0.2, 0) is 17.6 Å². The van der Waals surface area contributed by atoms with E-state index in [-0.39, 0.29) is 5.91 Å². The summed E-state index contributed by atoms with van der Waals surface area (Å²) in [6, 6.07) is 16.2. The van der Waals surface area contributed by atoms with E-state index in [0.717, 1.165) is 59.7 Å². The number of carbonyl (C=O) groups excluding carboxylic acids is 1. The van der Waals surface area contributed by atoms with E-state index >= 15 is 0 Å². The number of rotatable bonds is 4. The number of nitrogens with zero attached hydrogens (tertiary/aromatic N) is 6. The van der Waals surface area contributed by atoms with E-state index in [2.05, 4.69) is 38.2 Å². The van der Waals surface area contributed by atoms with Crippen molar-refractivity contribution in [1.29, 1.82) is 0 Å². The maximum Gasteiger partial charge on any atom is 0.222 e. The molecule has 0 atom stereocenters. The van der Waals surface area contributed by atoms with Crippen LogP contribution in [0.15, 0.2) is 67.1 Å². The Kier molecular flexibility index (Phi) is 5.88. The summed E-state index contributed by atoms with van der Waals surface area (Å²) >= 11 is 0. The van der Waals surface area contributed by atoms with Crippen LogP contribution in [-0.4, -0.2) is 42.3 Å². The molecule has 4 aromatic heterocycles. The Morgan fingerprint density at radius 3 is 2.62 bits per heavy atom. The molecule has 0 saturated heterocycles.